The van der Waals surface area contributed by atoms with Crippen LogP contribution < -0.4 is 0 Å². The number of ether oxygens (including phenoxy) is 2. The molecule has 0 aliphatic rings. The Kier molecular flexibility index (Phi) is 10.5. The maximum absolute atomic E-state index is 4.70. The zero-order valence-electron chi connectivity index (χ0n) is 7.94. The molecule has 0 spiro atoms. The Balaban J connectivity index is 0. The molecule has 0 heterocycles. The lowest BCUT2D eigenvalue weighted by atomic mass is 10.4. The van der Waals surface area contributed by atoms with E-state index in [9.17, 15) is 0 Å². The molecule has 2 heteroatoms. The first-order valence-electron chi connectivity index (χ1n) is 3.49. The predicted molar refractivity (Wildman–Crippen MR) is 48.3 cm³/mol. The van der Waals surface area contributed by atoms with Crippen molar-refractivity contribution in [1.82, 2.24) is 0 Å². The van der Waals surface area contributed by atoms with Crippen molar-refractivity contribution in [2.45, 2.75) is 20.3 Å². The Labute approximate surface area is 69.5 Å². The van der Waals surface area contributed by atoms with Crippen molar-refractivity contribution in [1.29, 1.82) is 0 Å². The molecule has 2 nitrogen and oxygen atoms in total. The molecule has 0 aromatic rings. The standard InChI is InChI=1S/C5H10O.C4H8O/c1-4-5(2)6-3;1-4(2)5-3/h2,4H2,1,3H3;1H2,2-3H3. The average Bonchev–Trinajstić information content (AvgIpc) is 2.04. The van der Waals surface area contributed by atoms with E-state index in [0.29, 0.717) is 0 Å². The number of allylic oxidation sites excluding steroid dienone is 2. The molecule has 0 fully saturated rings. The number of methoxy groups -OCH3 is 2. The molecule has 0 bridgehead atoms. The summed E-state index contributed by atoms with van der Waals surface area (Å²) in [6.07, 6.45) is 0.913. The van der Waals surface area contributed by atoms with Crippen LogP contribution in [0.15, 0.2) is 24.7 Å². The Bertz CT molecular complexity index is 111. The Hall–Kier alpha value is -0.920. The summed E-state index contributed by atoms with van der Waals surface area (Å²) in [5.41, 5.74) is 0. The van der Waals surface area contributed by atoms with Gasteiger partial charge in [-0.25, -0.2) is 0 Å². The fraction of sp³-hybridized carbons (Fsp3) is 0.556. The SMILES string of the molecule is C=C(C)OC.C=C(CC)OC. The number of hydrogen-bond donors (Lipinski definition) is 0. The van der Waals surface area contributed by atoms with Gasteiger partial charge in [0.15, 0.2) is 0 Å². The minimum absolute atomic E-state index is 0.755. The van der Waals surface area contributed by atoms with Crippen molar-refractivity contribution in [3.05, 3.63) is 24.7 Å². The lowest BCUT2D eigenvalue weighted by Gasteiger charge is -1.94. The summed E-state index contributed by atoms with van der Waals surface area (Å²) in [5.74, 6) is 1.60. The highest BCUT2D eigenvalue weighted by atomic mass is 16.5. The van der Waals surface area contributed by atoms with Gasteiger partial charge in [0.2, 0.25) is 0 Å². The van der Waals surface area contributed by atoms with Crippen molar-refractivity contribution in [3.63, 3.8) is 0 Å². The van der Waals surface area contributed by atoms with Gasteiger partial charge in [0.1, 0.15) is 0 Å². The number of rotatable bonds is 3. The topological polar surface area (TPSA) is 18.5 Å². The lowest BCUT2D eigenvalue weighted by Crippen LogP contribution is -1.77. The van der Waals surface area contributed by atoms with E-state index >= 15 is 0 Å². The molecule has 0 aliphatic heterocycles. The summed E-state index contributed by atoms with van der Waals surface area (Å²) in [5, 5.41) is 0. The van der Waals surface area contributed by atoms with Crippen LogP contribution in [0.1, 0.15) is 20.3 Å². The van der Waals surface area contributed by atoms with Crippen LogP contribution in [0.25, 0.3) is 0 Å². The lowest BCUT2D eigenvalue weighted by molar-refractivity contribution is 0.283. The van der Waals surface area contributed by atoms with Crippen LogP contribution in [0.3, 0.4) is 0 Å². The van der Waals surface area contributed by atoms with Crippen LogP contribution in [0, 0.1) is 0 Å². The molecule has 66 valence electrons. The van der Waals surface area contributed by atoms with Crippen molar-refractivity contribution < 1.29 is 9.47 Å². The van der Waals surface area contributed by atoms with Gasteiger partial charge in [0.05, 0.1) is 25.7 Å². The molecule has 0 N–H and O–H groups in total. The zero-order chi connectivity index (χ0) is 9.28. The fourth-order valence-corrected chi connectivity index (χ4v) is 0.144. The van der Waals surface area contributed by atoms with E-state index in [0.717, 1.165) is 17.9 Å². The highest BCUT2D eigenvalue weighted by Crippen LogP contribution is 1.92. The van der Waals surface area contributed by atoms with Crippen LogP contribution in [0.2, 0.25) is 0 Å². The van der Waals surface area contributed by atoms with E-state index < -0.39 is 0 Å². The molecule has 0 unspecified atom stereocenters. The van der Waals surface area contributed by atoms with E-state index in [4.69, 9.17) is 4.74 Å². The van der Waals surface area contributed by atoms with Crippen molar-refractivity contribution >= 4 is 0 Å². The Morgan fingerprint density at radius 3 is 1.55 bits per heavy atom. The maximum Gasteiger partial charge on any atom is 0.0881 e. The normalized spacial score (nSPS) is 7.27. The minimum Gasteiger partial charge on any atom is -0.502 e. The summed E-state index contributed by atoms with van der Waals surface area (Å²) in [6, 6.07) is 0. The summed E-state index contributed by atoms with van der Waals surface area (Å²) in [7, 11) is 3.23. The monoisotopic (exact) mass is 158 g/mol. The molecule has 0 radical (unpaired) electrons. The molecular formula is C9H18O2. The molecule has 0 aliphatic carbocycles. The second-order valence-corrected chi connectivity index (χ2v) is 2.00. The first kappa shape index (κ1) is 12.7. The smallest absolute Gasteiger partial charge is 0.0881 e. The van der Waals surface area contributed by atoms with Crippen LogP contribution in [-0.2, 0) is 9.47 Å². The summed E-state index contributed by atoms with van der Waals surface area (Å²) in [6.45, 7) is 10.8. The minimum atomic E-state index is 0.755. The first-order valence-corrected chi connectivity index (χ1v) is 3.49. The van der Waals surface area contributed by atoms with Crippen molar-refractivity contribution in [3.8, 4) is 0 Å². The van der Waals surface area contributed by atoms with Crippen LogP contribution in [0.5, 0.6) is 0 Å². The van der Waals surface area contributed by atoms with Gasteiger partial charge in [0.25, 0.3) is 0 Å². The molecule has 0 amide bonds. The second-order valence-electron chi connectivity index (χ2n) is 2.00. The van der Waals surface area contributed by atoms with Gasteiger partial charge in [-0.15, -0.1) is 0 Å². The van der Waals surface area contributed by atoms with E-state index in [1.54, 1.807) is 21.1 Å². The molecule has 0 aromatic carbocycles. The average molecular weight is 158 g/mol. The summed E-state index contributed by atoms with van der Waals surface area (Å²) < 4.78 is 9.26. The van der Waals surface area contributed by atoms with Gasteiger partial charge >= 0.3 is 0 Å². The molecule has 0 atom stereocenters. The van der Waals surface area contributed by atoms with E-state index in [-0.39, 0.29) is 0 Å². The molecule has 0 saturated heterocycles. The molecule has 0 rings (SSSR count). The third-order valence-corrected chi connectivity index (χ3v) is 1.03. The van der Waals surface area contributed by atoms with Crippen molar-refractivity contribution in [2.24, 2.45) is 0 Å². The van der Waals surface area contributed by atoms with Crippen LogP contribution >= 0.6 is 0 Å². The van der Waals surface area contributed by atoms with Crippen LogP contribution in [-0.4, -0.2) is 14.2 Å². The van der Waals surface area contributed by atoms with E-state index in [1.165, 1.54) is 0 Å². The Morgan fingerprint density at radius 2 is 1.55 bits per heavy atom. The van der Waals surface area contributed by atoms with Crippen LogP contribution in [0.4, 0.5) is 0 Å². The third kappa shape index (κ3) is 17.6. The first-order chi connectivity index (χ1) is 5.08. The molecular weight excluding hydrogens is 140 g/mol. The molecule has 11 heavy (non-hydrogen) atoms. The highest BCUT2D eigenvalue weighted by Gasteiger charge is 1.77. The summed E-state index contributed by atoms with van der Waals surface area (Å²) >= 11 is 0. The van der Waals surface area contributed by atoms with Gasteiger partial charge in [-0.1, -0.05) is 20.1 Å². The Morgan fingerprint density at radius 1 is 1.18 bits per heavy atom. The third-order valence-electron chi connectivity index (χ3n) is 1.03. The predicted octanol–water partition coefficient (Wildman–Crippen LogP) is 2.72. The summed E-state index contributed by atoms with van der Waals surface area (Å²) in [4.78, 5) is 0. The van der Waals surface area contributed by atoms with Gasteiger partial charge in [-0.2, -0.15) is 0 Å². The van der Waals surface area contributed by atoms with E-state index in [2.05, 4.69) is 17.9 Å². The van der Waals surface area contributed by atoms with Gasteiger partial charge < -0.3 is 9.47 Å². The largest absolute Gasteiger partial charge is 0.502 e. The highest BCUT2D eigenvalue weighted by molar-refractivity contribution is 4.77. The van der Waals surface area contributed by atoms with Crippen molar-refractivity contribution in [2.75, 3.05) is 14.2 Å². The molecule has 0 saturated carbocycles. The number of hydrogen-bond acceptors (Lipinski definition) is 2. The fourth-order valence-electron chi connectivity index (χ4n) is 0.144. The zero-order valence-corrected chi connectivity index (χ0v) is 7.94. The maximum atomic E-state index is 4.70. The van der Waals surface area contributed by atoms with E-state index in [1.807, 2.05) is 6.92 Å². The quantitative estimate of drug-likeness (QED) is 0.588. The van der Waals surface area contributed by atoms with Gasteiger partial charge in [0, 0.05) is 6.42 Å². The van der Waals surface area contributed by atoms with Gasteiger partial charge in [-0.3, -0.25) is 0 Å². The second kappa shape index (κ2) is 9.08. The van der Waals surface area contributed by atoms with Gasteiger partial charge in [-0.05, 0) is 6.92 Å². The molecule has 0 aromatic heterocycles.